The van der Waals surface area contributed by atoms with E-state index in [0.717, 1.165) is 17.7 Å². The van der Waals surface area contributed by atoms with Crippen molar-refractivity contribution in [2.45, 2.75) is 6.18 Å². The largest absolute Gasteiger partial charge is 0.493 e. The first-order valence-electron chi connectivity index (χ1n) is 9.91. The van der Waals surface area contributed by atoms with Gasteiger partial charge in [-0.05, 0) is 54.1 Å². The molecule has 33 heavy (non-hydrogen) atoms. The molecule has 1 heterocycles. The highest BCUT2D eigenvalue weighted by Crippen LogP contribution is 2.31. The van der Waals surface area contributed by atoms with E-state index in [1.54, 1.807) is 54.6 Å². The van der Waals surface area contributed by atoms with Gasteiger partial charge in [0.2, 0.25) is 0 Å². The maximum absolute atomic E-state index is 13.3. The smallest absolute Gasteiger partial charge is 0.416 e. The Morgan fingerprint density at radius 3 is 2.36 bits per heavy atom. The van der Waals surface area contributed by atoms with Crippen molar-refractivity contribution in [1.82, 2.24) is 9.55 Å². The molecule has 168 valence electrons. The number of hydrogen-bond donors (Lipinski definition) is 0. The Hall–Kier alpha value is -4.07. The summed E-state index contributed by atoms with van der Waals surface area (Å²) < 4.78 is 51.6. The number of hydrogen-bond acceptors (Lipinski definition) is 4. The fourth-order valence-electron chi connectivity index (χ4n) is 3.46. The van der Waals surface area contributed by atoms with Crippen molar-refractivity contribution in [2.24, 2.45) is 0 Å². The molecule has 8 heteroatoms. The quantitative estimate of drug-likeness (QED) is 0.396. The summed E-state index contributed by atoms with van der Waals surface area (Å²) in [5, 5.41) is 0.304. The van der Waals surface area contributed by atoms with Crippen molar-refractivity contribution in [3.05, 3.63) is 94.0 Å². The van der Waals surface area contributed by atoms with Crippen LogP contribution in [0.1, 0.15) is 17.0 Å². The minimum absolute atomic E-state index is 0.0695. The molecule has 0 amide bonds. The van der Waals surface area contributed by atoms with Crippen molar-refractivity contribution in [3.63, 3.8) is 0 Å². The van der Waals surface area contributed by atoms with Crippen molar-refractivity contribution < 1.29 is 22.6 Å². The molecule has 0 spiro atoms. The van der Waals surface area contributed by atoms with E-state index >= 15 is 0 Å². The van der Waals surface area contributed by atoms with Gasteiger partial charge in [-0.1, -0.05) is 30.3 Å². The van der Waals surface area contributed by atoms with Crippen LogP contribution in [-0.4, -0.2) is 23.8 Å². The van der Waals surface area contributed by atoms with Gasteiger partial charge in [0.25, 0.3) is 5.56 Å². The van der Waals surface area contributed by atoms with Gasteiger partial charge in [-0.15, -0.1) is 0 Å². The van der Waals surface area contributed by atoms with E-state index in [1.165, 1.54) is 30.9 Å². The maximum Gasteiger partial charge on any atom is 0.416 e. The van der Waals surface area contributed by atoms with Gasteiger partial charge in [0.1, 0.15) is 5.82 Å². The lowest BCUT2D eigenvalue weighted by Crippen LogP contribution is -2.22. The van der Waals surface area contributed by atoms with Crippen LogP contribution in [0.25, 0.3) is 28.7 Å². The first-order chi connectivity index (χ1) is 15.8. The molecule has 0 fully saturated rings. The molecule has 0 aliphatic carbocycles. The Labute approximate surface area is 187 Å². The van der Waals surface area contributed by atoms with E-state index in [4.69, 9.17) is 9.47 Å². The lowest BCUT2D eigenvalue weighted by atomic mass is 10.1. The Morgan fingerprint density at radius 1 is 0.879 bits per heavy atom. The van der Waals surface area contributed by atoms with Gasteiger partial charge >= 0.3 is 6.18 Å². The first-order valence-corrected chi connectivity index (χ1v) is 9.91. The van der Waals surface area contributed by atoms with Gasteiger partial charge < -0.3 is 9.47 Å². The average molecular weight is 452 g/mol. The molecule has 0 aliphatic heterocycles. The number of benzene rings is 3. The molecule has 4 aromatic rings. The monoisotopic (exact) mass is 452 g/mol. The number of ether oxygens (including phenoxy) is 2. The Morgan fingerprint density at radius 2 is 1.64 bits per heavy atom. The standard InChI is InChI=1S/C25H19F3N2O3/c1-32-21-12-10-16(14-22(21)33-2)11-13-23-29-20-9-4-3-8-19(20)24(31)30(23)18-7-5-6-17(15-18)25(26,27)28/h3-15H,1-2H3/b13-11-. The Balaban J connectivity index is 1.90. The summed E-state index contributed by atoms with van der Waals surface area (Å²) in [6.45, 7) is 0. The molecule has 1 aromatic heterocycles. The fraction of sp³-hybridized carbons (Fsp3) is 0.120. The summed E-state index contributed by atoms with van der Waals surface area (Å²) in [5.74, 6) is 1.26. The van der Waals surface area contributed by atoms with Crippen LogP contribution in [0.4, 0.5) is 13.2 Å². The molecule has 0 radical (unpaired) electrons. The van der Waals surface area contributed by atoms with Gasteiger partial charge in [0.15, 0.2) is 11.5 Å². The van der Waals surface area contributed by atoms with Crippen molar-refractivity contribution in [1.29, 1.82) is 0 Å². The van der Waals surface area contributed by atoms with E-state index in [2.05, 4.69) is 4.98 Å². The highest BCUT2D eigenvalue weighted by atomic mass is 19.4. The third-order valence-corrected chi connectivity index (χ3v) is 5.07. The number of nitrogens with zero attached hydrogens (tertiary/aromatic N) is 2. The first kappa shape index (κ1) is 22.1. The molecule has 0 N–H and O–H groups in total. The Bertz CT molecular complexity index is 1410. The summed E-state index contributed by atoms with van der Waals surface area (Å²) in [7, 11) is 3.04. The van der Waals surface area contributed by atoms with Crippen LogP contribution in [0.2, 0.25) is 0 Å². The number of alkyl halides is 3. The number of halogens is 3. The minimum Gasteiger partial charge on any atom is -0.493 e. The van der Waals surface area contributed by atoms with Crippen molar-refractivity contribution >= 4 is 23.1 Å². The van der Waals surface area contributed by atoms with Gasteiger partial charge in [-0.3, -0.25) is 9.36 Å². The second-order valence-corrected chi connectivity index (χ2v) is 7.12. The molecule has 0 aliphatic rings. The Kier molecular flexibility index (Phi) is 5.91. The van der Waals surface area contributed by atoms with Crippen LogP contribution < -0.4 is 15.0 Å². The van der Waals surface area contributed by atoms with Crippen molar-refractivity contribution in [2.75, 3.05) is 14.2 Å². The maximum atomic E-state index is 13.3. The lowest BCUT2D eigenvalue weighted by Gasteiger charge is -2.14. The van der Waals surface area contributed by atoms with Crippen LogP contribution in [-0.2, 0) is 6.18 Å². The van der Waals surface area contributed by atoms with Crippen LogP contribution in [0.15, 0.2) is 71.5 Å². The lowest BCUT2D eigenvalue weighted by molar-refractivity contribution is -0.137. The van der Waals surface area contributed by atoms with E-state index in [0.29, 0.717) is 22.4 Å². The number of rotatable bonds is 5. The number of methoxy groups -OCH3 is 2. The summed E-state index contributed by atoms with van der Waals surface area (Å²) in [5.41, 5.74) is -0.0786. The normalized spacial score (nSPS) is 11.8. The van der Waals surface area contributed by atoms with Gasteiger partial charge in [0.05, 0.1) is 36.4 Å². The molecule has 0 bridgehead atoms. The summed E-state index contributed by atoms with van der Waals surface area (Å²) in [6.07, 6.45) is -1.27. The predicted molar refractivity (Wildman–Crippen MR) is 121 cm³/mol. The SMILES string of the molecule is COc1ccc(/C=C\c2nc3ccccc3c(=O)n2-c2cccc(C(F)(F)F)c2)cc1OC. The minimum atomic E-state index is -4.54. The zero-order valence-corrected chi connectivity index (χ0v) is 17.8. The van der Waals surface area contributed by atoms with E-state index in [9.17, 15) is 18.0 Å². The zero-order chi connectivity index (χ0) is 23.6. The molecule has 5 nitrogen and oxygen atoms in total. The van der Waals surface area contributed by atoms with Crippen LogP contribution in [0.3, 0.4) is 0 Å². The highest BCUT2D eigenvalue weighted by Gasteiger charge is 2.30. The molecular formula is C25H19F3N2O3. The predicted octanol–water partition coefficient (Wildman–Crippen LogP) is 5.59. The zero-order valence-electron chi connectivity index (χ0n) is 17.8. The van der Waals surface area contributed by atoms with Gasteiger partial charge in [0, 0.05) is 0 Å². The van der Waals surface area contributed by atoms with Gasteiger partial charge in [-0.25, -0.2) is 4.98 Å². The highest BCUT2D eigenvalue weighted by molar-refractivity contribution is 5.80. The molecule has 0 atom stereocenters. The van der Waals surface area contributed by atoms with Crippen LogP contribution in [0.5, 0.6) is 11.5 Å². The number of aromatic nitrogens is 2. The molecule has 0 unspecified atom stereocenters. The van der Waals surface area contributed by atoms with Crippen molar-refractivity contribution in [3.8, 4) is 17.2 Å². The fourth-order valence-corrected chi connectivity index (χ4v) is 3.46. The van der Waals surface area contributed by atoms with Crippen LogP contribution >= 0.6 is 0 Å². The third-order valence-electron chi connectivity index (χ3n) is 5.07. The van der Waals surface area contributed by atoms with E-state index in [-0.39, 0.29) is 11.5 Å². The molecule has 3 aromatic carbocycles. The average Bonchev–Trinajstić information content (AvgIpc) is 2.82. The van der Waals surface area contributed by atoms with Crippen LogP contribution in [0, 0.1) is 0 Å². The second-order valence-electron chi connectivity index (χ2n) is 7.12. The molecular weight excluding hydrogens is 433 g/mol. The summed E-state index contributed by atoms with van der Waals surface area (Å²) in [6, 6.07) is 16.6. The van der Waals surface area contributed by atoms with Gasteiger partial charge in [-0.2, -0.15) is 13.2 Å². The molecule has 0 saturated heterocycles. The molecule has 0 saturated carbocycles. The third kappa shape index (κ3) is 4.45. The summed E-state index contributed by atoms with van der Waals surface area (Å²) >= 11 is 0. The summed E-state index contributed by atoms with van der Waals surface area (Å²) in [4.78, 5) is 17.8. The topological polar surface area (TPSA) is 53.3 Å². The number of fused-ring (bicyclic) bond motifs is 1. The second kappa shape index (κ2) is 8.82. The molecule has 4 rings (SSSR count). The number of para-hydroxylation sites is 1. The van der Waals surface area contributed by atoms with E-state index < -0.39 is 17.3 Å². The van der Waals surface area contributed by atoms with E-state index in [1.807, 2.05) is 0 Å².